The minimum absolute atomic E-state index is 0.128. The fraction of sp³-hybridized carbons (Fsp3) is 0.613. The maximum Gasteiger partial charge on any atom is 0.418 e. The molecule has 6 atom stereocenters. The number of hydrogen-bond acceptors (Lipinski definition) is 24. The molecule has 0 bridgehead atoms. The standard InChI is InChI=1S/C18H31NS.C16H25F2NS.C16H25N3O4S.C15H21F3N2O2S.C14H21N3O4S.C14H22N2O2S/c1-5-6-7-8-9-10-17(4)20-14-19-18-12-15(2)11-16(3)13-18;1-3-4-5-6-7-8-13(2)20-12-19-16-10-14(17)9-15(18)11-16;1-3-4-5-6-7-8-13(2)24-12-17-14-9-15(18(20)21)11-16(10-14)19(22)23;1-3-4-5-6-11(2)23-10-19-14-8-7-12(20(21)22)9-13(14)15(16,17)18;1-3-4-5-6-11(2)22-10-15-13-8-7-12(16(18)19)9-14(13)17(20)21;1-3-4-5-6-12(2)19-11-15-13-7-9-14(10-8-13)16(17)18/h11-13,17,19H,5-10,14H2,1-4H3;9-11,13,19H,3-8,12H2,1-2H3;9-11,13,17H,3-8,12H2,1-2H3;7-9,11,19H,3-6,10H2,1-2H3;7-9,11,15H,3-6,10H2,1-2H3;7-10,12,15H,3-6,11H2,1-2H3/t17-;2*13-;2*11-;12-/m000000/s1. The normalized spacial score (nSPS) is 12.3. The number of aryl methyl sites for hydroxylation is 2. The van der Waals surface area contributed by atoms with Gasteiger partial charge in [-0.15, -0.1) is 70.6 Å². The summed E-state index contributed by atoms with van der Waals surface area (Å²) >= 11 is 10.7. The molecule has 0 heterocycles. The summed E-state index contributed by atoms with van der Waals surface area (Å²) in [5.41, 5.74) is 3.39. The number of non-ortho nitro benzene ring substituents is 5. The molecule has 0 spiro atoms. The SMILES string of the molecule is CCCCCCC[C@H](C)SCNc1cc(C)cc(C)c1.CCCCCCC[C@H](C)SCNc1cc(F)cc(F)c1.CCCCCCC[C@H](C)SCNc1cc([N+](=O)[O-])cc([N+](=O)[O-])c1.CCCCC[C@H](C)SCNc1ccc([N+](=O)[O-])cc1.CCCCC[C@H](C)SCNc1ccc([N+](=O)[O-])cc1C(F)(F)F.CCCCC[C@H](C)SCNc1ccc([N+](=O)[O-])cc1[N+](=O)[O-]. The van der Waals surface area contributed by atoms with Crippen LogP contribution >= 0.6 is 70.6 Å². The second kappa shape index (κ2) is 72.0. The molecule has 0 aliphatic carbocycles. The Bertz CT molecular complexity index is 3920. The second-order valence-corrected chi connectivity index (χ2v) is 40.2. The van der Waals surface area contributed by atoms with Gasteiger partial charge in [-0.2, -0.15) is 13.2 Å². The number of unbranched alkanes of at least 4 members (excludes halogenated alkanes) is 18. The molecule has 0 saturated carbocycles. The van der Waals surface area contributed by atoms with Crippen molar-refractivity contribution in [3.63, 3.8) is 0 Å². The van der Waals surface area contributed by atoms with Gasteiger partial charge in [0.25, 0.3) is 34.1 Å². The van der Waals surface area contributed by atoms with Crippen LogP contribution in [0.1, 0.15) is 292 Å². The predicted molar refractivity (Wildman–Crippen MR) is 539 cm³/mol. The molecule has 0 radical (unpaired) electrons. The number of hydrogen-bond donors (Lipinski definition) is 6. The van der Waals surface area contributed by atoms with Crippen molar-refractivity contribution >= 4 is 139 Å². The highest BCUT2D eigenvalue weighted by molar-refractivity contribution is 8.01. The first-order valence-corrected chi connectivity index (χ1v) is 51.4. The van der Waals surface area contributed by atoms with Crippen LogP contribution in [0.3, 0.4) is 0 Å². The van der Waals surface area contributed by atoms with E-state index in [0.717, 1.165) is 91.5 Å². The average molecular weight is 1910 g/mol. The van der Waals surface area contributed by atoms with Crippen LogP contribution in [0.2, 0.25) is 0 Å². The Morgan fingerprint density at radius 1 is 0.289 bits per heavy atom. The Morgan fingerprint density at radius 2 is 0.562 bits per heavy atom. The van der Waals surface area contributed by atoms with Crippen LogP contribution in [0, 0.1) is 86.2 Å². The lowest BCUT2D eigenvalue weighted by Crippen LogP contribution is -2.12. The smallest absolute Gasteiger partial charge is 0.376 e. The number of rotatable bonds is 60. The zero-order valence-corrected chi connectivity index (χ0v) is 82.7. The summed E-state index contributed by atoms with van der Waals surface area (Å²) in [5, 5.41) is 86.4. The van der Waals surface area contributed by atoms with Crippen molar-refractivity contribution in [3.8, 4) is 0 Å². The molecular formula is C93H145F5N12O12S6. The van der Waals surface area contributed by atoms with Gasteiger partial charge in [-0.3, -0.25) is 60.7 Å². The third-order valence-corrected chi connectivity index (χ3v) is 26.7. The quantitative estimate of drug-likeness (QED) is 0.00679. The molecule has 6 N–H and O–H groups in total. The monoisotopic (exact) mass is 1910 g/mol. The second-order valence-electron chi connectivity index (χ2n) is 31.7. The van der Waals surface area contributed by atoms with E-state index in [2.05, 4.69) is 140 Å². The van der Waals surface area contributed by atoms with Gasteiger partial charge in [-0.25, -0.2) is 8.78 Å². The highest BCUT2D eigenvalue weighted by atomic mass is 32.2. The topological polar surface area (TPSA) is 331 Å². The van der Waals surface area contributed by atoms with Crippen molar-refractivity contribution in [2.45, 2.75) is 327 Å². The van der Waals surface area contributed by atoms with Gasteiger partial charge in [0.05, 0.1) is 82.5 Å². The molecule has 35 heteroatoms. The number of nitrogens with zero attached hydrogens (tertiary/aromatic N) is 6. The molecule has 0 unspecified atom stereocenters. The average Bonchev–Trinajstić information content (AvgIpc) is 0.798. The number of halogens is 5. The Kier molecular flexibility index (Phi) is 66.5. The summed E-state index contributed by atoms with van der Waals surface area (Å²) in [4.78, 5) is 60.8. The van der Waals surface area contributed by atoms with E-state index in [1.165, 1.54) is 231 Å². The summed E-state index contributed by atoms with van der Waals surface area (Å²) in [7, 11) is 0. The number of anilines is 6. The minimum atomic E-state index is -4.63. The predicted octanol–water partition coefficient (Wildman–Crippen LogP) is 32.3. The Morgan fingerprint density at radius 3 is 0.891 bits per heavy atom. The van der Waals surface area contributed by atoms with Gasteiger partial charge in [-0.1, -0.05) is 243 Å². The largest absolute Gasteiger partial charge is 0.418 e. The summed E-state index contributed by atoms with van der Waals surface area (Å²) < 4.78 is 65.0. The fourth-order valence-corrected chi connectivity index (χ4v) is 17.7. The third-order valence-electron chi connectivity index (χ3n) is 20.0. The zero-order chi connectivity index (χ0) is 95.6. The van der Waals surface area contributed by atoms with Crippen molar-refractivity contribution in [2.75, 3.05) is 67.2 Å². The van der Waals surface area contributed by atoms with E-state index in [4.69, 9.17) is 0 Å². The molecule has 6 aromatic rings. The maximum atomic E-state index is 13.0. The van der Waals surface area contributed by atoms with Crippen molar-refractivity contribution in [1.29, 1.82) is 0 Å². The van der Waals surface area contributed by atoms with E-state index in [0.29, 0.717) is 72.9 Å². The molecule has 0 fully saturated rings. The maximum absolute atomic E-state index is 13.0. The molecule has 720 valence electrons. The van der Waals surface area contributed by atoms with Crippen LogP contribution in [0.5, 0.6) is 0 Å². The van der Waals surface area contributed by atoms with E-state index in [9.17, 15) is 82.6 Å². The van der Waals surface area contributed by atoms with Crippen molar-refractivity contribution in [1.82, 2.24) is 0 Å². The van der Waals surface area contributed by atoms with Gasteiger partial charge in [0.15, 0.2) is 0 Å². The van der Waals surface area contributed by atoms with E-state index >= 15 is 0 Å². The van der Waals surface area contributed by atoms with Crippen molar-refractivity contribution in [2.24, 2.45) is 0 Å². The first-order valence-electron chi connectivity index (χ1n) is 45.1. The first kappa shape index (κ1) is 118. The fourth-order valence-electron chi connectivity index (χ4n) is 12.6. The van der Waals surface area contributed by atoms with Gasteiger partial charge in [-0.05, 0) is 112 Å². The summed E-state index contributed by atoms with van der Waals surface area (Å²) in [6, 6.07) is 26.8. The highest BCUT2D eigenvalue weighted by Gasteiger charge is 2.35. The molecule has 128 heavy (non-hydrogen) atoms. The minimum Gasteiger partial charge on any atom is -0.376 e. The van der Waals surface area contributed by atoms with E-state index in [-0.39, 0.29) is 39.0 Å². The number of thioether (sulfide) groups is 6. The number of nitro benzene ring substituents is 6. The van der Waals surface area contributed by atoms with Gasteiger partial charge >= 0.3 is 6.18 Å². The van der Waals surface area contributed by atoms with E-state index in [1.54, 1.807) is 47.4 Å². The molecule has 24 nitrogen and oxygen atoms in total. The van der Waals surface area contributed by atoms with Gasteiger partial charge in [0.1, 0.15) is 17.3 Å². The lowest BCUT2D eigenvalue weighted by Gasteiger charge is -2.16. The van der Waals surface area contributed by atoms with E-state index in [1.807, 2.05) is 30.4 Å². The van der Waals surface area contributed by atoms with Gasteiger partial charge in [0, 0.05) is 108 Å². The molecule has 0 aliphatic rings. The number of nitrogens with one attached hydrogen (secondary N) is 6. The molecule has 6 aromatic carbocycles. The van der Waals surface area contributed by atoms with Gasteiger partial charge in [0.2, 0.25) is 0 Å². The lowest BCUT2D eigenvalue weighted by molar-refractivity contribution is -0.394. The van der Waals surface area contributed by atoms with Crippen molar-refractivity contribution in [3.05, 3.63) is 204 Å². The van der Waals surface area contributed by atoms with Crippen LogP contribution in [0.15, 0.2) is 115 Å². The van der Waals surface area contributed by atoms with E-state index < -0.39 is 53.7 Å². The summed E-state index contributed by atoms with van der Waals surface area (Å²) in [5.74, 6) is 2.88. The summed E-state index contributed by atoms with van der Waals surface area (Å²) in [6.45, 7) is 30.6. The number of benzene rings is 6. The molecule has 6 rings (SSSR count). The zero-order valence-electron chi connectivity index (χ0n) is 77.8. The van der Waals surface area contributed by atoms with Crippen LogP contribution in [0.25, 0.3) is 0 Å². The third kappa shape index (κ3) is 58.8. The molecule has 0 aliphatic heterocycles. The highest BCUT2D eigenvalue weighted by Crippen LogP contribution is 2.39. The van der Waals surface area contributed by atoms with Crippen LogP contribution in [0.4, 0.5) is 90.2 Å². The molecule has 0 amide bonds. The number of nitro groups is 6. The van der Waals surface area contributed by atoms with Crippen LogP contribution in [-0.4, -0.2) is 96.3 Å². The number of alkyl halides is 3. The Hall–Kier alpha value is -7.73. The lowest BCUT2D eigenvalue weighted by atomic mass is 10.1. The van der Waals surface area contributed by atoms with Crippen LogP contribution < -0.4 is 31.9 Å². The molecule has 0 saturated heterocycles. The first-order chi connectivity index (χ1) is 61.0. The Labute approximate surface area is 783 Å². The summed E-state index contributed by atoms with van der Waals surface area (Å²) in [6.07, 6.45) is 33.0. The van der Waals surface area contributed by atoms with Crippen molar-refractivity contribution < 1.29 is 51.5 Å². The van der Waals surface area contributed by atoms with Crippen LogP contribution in [-0.2, 0) is 6.18 Å². The molecular weight excluding hydrogens is 1760 g/mol. The van der Waals surface area contributed by atoms with Gasteiger partial charge < -0.3 is 31.9 Å². The Balaban J connectivity index is 0.000000769. The molecule has 0 aromatic heterocycles.